The lowest BCUT2D eigenvalue weighted by Gasteiger charge is -2.36. The Hall–Kier alpha value is -2.43. The van der Waals surface area contributed by atoms with E-state index in [-0.39, 0.29) is 35.6 Å². The first-order valence-corrected chi connectivity index (χ1v) is 9.72. The SMILES string of the molecule is CCNC(=NCc1ccc(Oc2cccnc2)c(F)c1)N1CCN(C(C)=O)CC1.I. The van der Waals surface area contributed by atoms with Crippen LogP contribution in [0.3, 0.4) is 0 Å². The first-order chi connectivity index (χ1) is 14.1. The van der Waals surface area contributed by atoms with Crippen LogP contribution in [0.2, 0.25) is 0 Å². The summed E-state index contributed by atoms with van der Waals surface area (Å²) in [5.74, 6) is 1.05. The highest BCUT2D eigenvalue weighted by Crippen LogP contribution is 2.24. The average molecular weight is 527 g/mol. The van der Waals surface area contributed by atoms with E-state index in [1.807, 2.05) is 11.8 Å². The number of aromatic nitrogens is 1. The van der Waals surface area contributed by atoms with Crippen LogP contribution in [0, 0.1) is 5.82 Å². The van der Waals surface area contributed by atoms with E-state index < -0.39 is 5.82 Å². The van der Waals surface area contributed by atoms with Gasteiger partial charge >= 0.3 is 0 Å². The van der Waals surface area contributed by atoms with Gasteiger partial charge in [0, 0.05) is 45.8 Å². The minimum Gasteiger partial charge on any atom is -0.453 e. The number of carbonyl (C=O) groups excluding carboxylic acids is 1. The molecule has 0 atom stereocenters. The number of pyridine rings is 1. The van der Waals surface area contributed by atoms with Crippen molar-refractivity contribution in [3.05, 3.63) is 54.1 Å². The fraction of sp³-hybridized carbons (Fsp3) is 0.381. The summed E-state index contributed by atoms with van der Waals surface area (Å²) < 4.78 is 20.0. The number of nitrogens with zero attached hydrogens (tertiary/aromatic N) is 4. The van der Waals surface area contributed by atoms with Gasteiger partial charge in [-0.2, -0.15) is 0 Å². The smallest absolute Gasteiger partial charge is 0.219 e. The number of aliphatic imine (C=N–C) groups is 1. The van der Waals surface area contributed by atoms with E-state index in [1.54, 1.807) is 37.4 Å². The molecule has 1 aromatic carbocycles. The van der Waals surface area contributed by atoms with E-state index in [4.69, 9.17) is 4.74 Å². The maximum Gasteiger partial charge on any atom is 0.219 e. The van der Waals surface area contributed by atoms with Gasteiger partial charge in [0.1, 0.15) is 5.75 Å². The molecular formula is C21H27FIN5O2. The van der Waals surface area contributed by atoms with Crippen LogP contribution < -0.4 is 10.1 Å². The average Bonchev–Trinajstić information content (AvgIpc) is 2.74. The predicted molar refractivity (Wildman–Crippen MR) is 125 cm³/mol. The fourth-order valence-electron chi connectivity index (χ4n) is 3.09. The summed E-state index contributed by atoms with van der Waals surface area (Å²) in [6.07, 6.45) is 3.17. The van der Waals surface area contributed by atoms with Crippen molar-refractivity contribution in [3.8, 4) is 11.5 Å². The number of piperazine rings is 1. The maximum atomic E-state index is 14.4. The van der Waals surface area contributed by atoms with Crippen LogP contribution in [-0.4, -0.2) is 59.4 Å². The van der Waals surface area contributed by atoms with Crippen LogP contribution in [0.4, 0.5) is 4.39 Å². The third-order valence-corrected chi connectivity index (χ3v) is 4.63. The molecule has 0 unspecified atom stereocenters. The highest BCUT2D eigenvalue weighted by molar-refractivity contribution is 14.0. The Kier molecular flexibility index (Phi) is 9.28. The van der Waals surface area contributed by atoms with E-state index in [1.165, 1.54) is 12.3 Å². The Morgan fingerprint density at radius 2 is 1.97 bits per heavy atom. The Bertz CT molecular complexity index is 858. The van der Waals surface area contributed by atoms with Crippen molar-refractivity contribution in [1.82, 2.24) is 20.1 Å². The van der Waals surface area contributed by atoms with E-state index in [0.29, 0.717) is 25.4 Å². The molecule has 1 saturated heterocycles. The molecule has 1 N–H and O–H groups in total. The monoisotopic (exact) mass is 527 g/mol. The molecule has 1 aromatic heterocycles. The van der Waals surface area contributed by atoms with Crippen LogP contribution in [-0.2, 0) is 11.3 Å². The second kappa shape index (κ2) is 11.7. The van der Waals surface area contributed by atoms with Crippen molar-refractivity contribution in [2.45, 2.75) is 20.4 Å². The number of hydrogen-bond donors (Lipinski definition) is 1. The van der Waals surface area contributed by atoms with Crippen LogP contribution in [0.1, 0.15) is 19.4 Å². The molecule has 3 rings (SSSR count). The minimum atomic E-state index is -0.443. The van der Waals surface area contributed by atoms with Crippen molar-refractivity contribution in [2.24, 2.45) is 4.99 Å². The van der Waals surface area contributed by atoms with Crippen molar-refractivity contribution in [2.75, 3.05) is 32.7 Å². The van der Waals surface area contributed by atoms with E-state index in [9.17, 15) is 9.18 Å². The highest BCUT2D eigenvalue weighted by Gasteiger charge is 2.20. The molecule has 162 valence electrons. The molecule has 1 aliphatic heterocycles. The summed E-state index contributed by atoms with van der Waals surface area (Å²) in [4.78, 5) is 24.0. The molecule has 0 bridgehead atoms. The molecule has 30 heavy (non-hydrogen) atoms. The van der Waals surface area contributed by atoms with E-state index >= 15 is 0 Å². The van der Waals surface area contributed by atoms with Crippen molar-refractivity contribution in [1.29, 1.82) is 0 Å². The van der Waals surface area contributed by atoms with Crippen molar-refractivity contribution >= 4 is 35.8 Å². The molecule has 0 spiro atoms. The summed E-state index contributed by atoms with van der Waals surface area (Å²) in [7, 11) is 0. The Morgan fingerprint density at radius 3 is 2.57 bits per heavy atom. The van der Waals surface area contributed by atoms with Crippen molar-refractivity contribution in [3.63, 3.8) is 0 Å². The first-order valence-electron chi connectivity index (χ1n) is 9.72. The van der Waals surface area contributed by atoms with Crippen LogP contribution >= 0.6 is 24.0 Å². The van der Waals surface area contributed by atoms with Gasteiger partial charge in [0.15, 0.2) is 17.5 Å². The molecule has 7 nitrogen and oxygen atoms in total. The molecule has 9 heteroatoms. The van der Waals surface area contributed by atoms with Gasteiger partial charge in [0.05, 0.1) is 12.7 Å². The number of nitrogens with one attached hydrogen (secondary N) is 1. The molecule has 0 saturated carbocycles. The fourth-order valence-corrected chi connectivity index (χ4v) is 3.09. The predicted octanol–water partition coefficient (Wildman–Crippen LogP) is 3.26. The van der Waals surface area contributed by atoms with Crippen LogP contribution in [0.25, 0.3) is 0 Å². The number of carbonyl (C=O) groups is 1. The van der Waals surface area contributed by atoms with Gasteiger partial charge in [0.25, 0.3) is 0 Å². The lowest BCUT2D eigenvalue weighted by molar-refractivity contribution is -0.130. The zero-order valence-electron chi connectivity index (χ0n) is 17.2. The van der Waals surface area contributed by atoms with Crippen LogP contribution in [0.5, 0.6) is 11.5 Å². The van der Waals surface area contributed by atoms with Gasteiger partial charge in [-0.05, 0) is 36.8 Å². The lowest BCUT2D eigenvalue weighted by Crippen LogP contribution is -2.53. The topological polar surface area (TPSA) is 70.1 Å². The van der Waals surface area contributed by atoms with Gasteiger partial charge < -0.3 is 19.9 Å². The number of hydrogen-bond acceptors (Lipinski definition) is 4. The summed E-state index contributed by atoms with van der Waals surface area (Å²) in [5.41, 5.74) is 0.749. The minimum absolute atomic E-state index is 0. The summed E-state index contributed by atoms with van der Waals surface area (Å²) >= 11 is 0. The summed E-state index contributed by atoms with van der Waals surface area (Å²) in [5, 5.41) is 3.27. The first kappa shape index (κ1) is 23.8. The van der Waals surface area contributed by atoms with E-state index in [0.717, 1.165) is 31.2 Å². The zero-order chi connectivity index (χ0) is 20.6. The third kappa shape index (κ3) is 6.54. The standard InChI is InChI=1S/C21H26FN5O2.HI/c1-3-24-21(27-11-9-26(10-12-27)16(2)28)25-14-17-6-7-20(19(22)13-17)29-18-5-4-8-23-15-18;/h4-8,13,15H,3,9-12,14H2,1-2H3,(H,24,25);1H. The van der Waals surface area contributed by atoms with Gasteiger partial charge in [0.2, 0.25) is 5.91 Å². The number of benzene rings is 1. The van der Waals surface area contributed by atoms with E-state index in [2.05, 4.69) is 20.2 Å². The second-order valence-corrected chi connectivity index (χ2v) is 6.72. The molecule has 0 radical (unpaired) electrons. The van der Waals surface area contributed by atoms with Gasteiger partial charge in [-0.1, -0.05) is 6.07 Å². The quantitative estimate of drug-likeness (QED) is 0.368. The lowest BCUT2D eigenvalue weighted by atomic mass is 10.2. The van der Waals surface area contributed by atoms with Gasteiger partial charge in [-0.3, -0.25) is 9.78 Å². The number of guanidine groups is 1. The normalized spacial score (nSPS) is 14.2. The van der Waals surface area contributed by atoms with Crippen LogP contribution in [0.15, 0.2) is 47.7 Å². The Morgan fingerprint density at radius 1 is 1.23 bits per heavy atom. The second-order valence-electron chi connectivity index (χ2n) is 6.72. The number of ether oxygens (including phenoxy) is 1. The molecule has 1 aliphatic rings. The number of rotatable bonds is 5. The molecule has 2 aromatic rings. The zero-order valence-corrected chi connectivity index (χ0v) is 19.5. The maximum absolute atomic E-state index is 14.4. The van der Waals surface area contributed by atoms with Gasteiger partial charge in [-0.25, -0.2) is 9.38 Å². The molecule has 0 aliphatic carbocycles. The largest absolute Gasteiger partial charge is 0.453 e. The molecule has 1 fully saturated rings. The highest BCUT2D eigenvalue weighted by atomic mass is 127. The van der Waals surface area contributed by atoms with Crippen molar-refractivity contribution < 1.29 is 13.9 Å². The number of amides is 1. The molecular weight excluding hydrogens is 500 g/mol. The summed E-state index contributed by atoms with van der Waals surface area (Å²) in [6.45, 7) is 7.47. The third-order valence-electron chi connectivity index (χ3n) is 4.63. The van der Waals surface area contributed by atoms with Gasteiger partial charge in [-0.15, -0.1) is 24.0 Å². The Balaban J connectivity index is 0.00000320. The Labute approximate surface area is 193 Å². The number of halogens is 2. The molecule has 1 amide bonds. The molecule has 2 heterocycles. The summed E-state index contributed by atoms with van der Waals surface area (Å²) in [6, 6.07) is 8.29.